The zero-order valence-electron chi connectivity index (χ0n) is 13.5. The summed E-state index contributed by atoms with van der Waals surface area (Å²) < 4.78 is 4.76. The van der Waals surface area contributed by atoms with Crippen LogP contribution < -0.4 is 4.57 Å². The zero-order chi connectivity index (χ0) is 15.1. The van der Waals surface area contributed by atoms with Crippen molar-refractivity contribution in [3.63, 3.8) is 0 Å². The predicted octanol–water partition coefficient (Wildman–Crippen LogP) is 4.20. The first-order chi connectivity index (χ1) is 10.0. The van der Waals surface area contributed by atoms with Crippen LogP contribution in [-0.2, 0) is 7.05 Å². The van der Waals surface area contributed by atoms with Crippen molar-refractivity contribution >= 4 is 11.0 Å². The Morgan fingerprint density at radius 3 is 2.14 bits per heavy atom. The van der Waals surface area contributed by atoms with Gasteiger partial charge in [-0.3, -0.25) is 0 Å². The molecule has 0 unspecified atom stereocenters. The number of fused-ring (bicyclic) bond motifs is 1. The molecule has 3 aromatic rings. The molecule has 0 saturated heterocycles. The SMILES string of the molecule is Cc1cccc(C)c1-n1c(C(C)C)[n+](C)c2ccccc21. The maximum atomic E-state index is 2.44. The van der Waals surface area contributed by atoms with Crippen LogP contribution in [0.3, 0.4) is 0 Å². The highest BCUT2D eigenvalue weighted by molar-refractivity contribution is 5.75. The third-order valence-corrected chi connectivity index (χ3v) is 4.24. The summed E-state index contributed by atoms with van der Waals surface area (Å²) in [5.41, 5.74) is 6.51. The van der Waals surface area contributed by atoms with E-state index >= 15 is 0 Å². The first kappa shape index (κ1) is 13.9. The molecule has 3 rings (SSSR count). The number of aryl methyl sites for hydroxylation is 3. The van der Waals surface area contributed by atoms with E-state index in [0.29, 0.717) is 5.92 Å². The van der Waals surface area contributed by atoms with Crippen molar-refractivity contribution < 1.29 is 4.57 Å². The number of imidazole rings is 1. The Hall–Kier alpha value is -2.09. The molecule has 21 heavy (non-hydrogen) atoms. The van der Waals surface area contributed by atoms with Gasteiger partial charge in [0.2, 0.25) is 0 Å². The fourth-order valence-corrected chi connectivity index (χ4v) is 3.37. The molecular formula is C19H23N2+. The van der Waals surface area contributed by atoms with E-state index in [9.17, 15) is 0 Å². The van der Waals surface area contributed by atoms with Gasteiger partial charge >= 0.3 is 0 Å². The maximum absolute atomic E-state index is 2.44. The monoisotopic (exact) mass is 279 g/mol. The van der Waals surface area contributed by atoms with E-state index in [0.717, 1.165) is 0 Å². The van der Waals surface area contributed by atoms with E-state index in [1.807, 2.05) is 0 Å². The maximum Gasteiger partial charge on any atom is 0.265 e. The van der Waals surface area contributed by atoms with Crippen molar-refractivity contribution in [2.45, 2.75) is 33.6 Å². The molecule has 2 heteroatoms. The van der Waals surface area contributed by atoms with Crippen molar-refractivity contribution in [3.05, 3.63) is 59.4 Å². The molecule has 0 saturated carbocycles. The smallest absolute Gasteiger partial charge is 0.229 e. The van der Waals surface area contributed by atoms with Crippen LogP contribution in [0.4, 0.5) is 0 Å². The van der Waals surface area contributed by atoms with Gasteiger partial charge in [-0.2, -0.15) is 4.57 Å². The summed E-state index contributed by atoms with van der Waals surface area (Å²) in [6.45, 7) is 8.92. The van der Waals surface area contributed by atoms with Crippen molar-refractivity contribution in [2.75, 3.05) is 0 Å². The highest BCUT2D eigenvalue weighted by atomic mass is 15.2. The van der Waals surface area contributed by atoms with Crippen molar-refractivity contribution in [2.24, 2.45) is 7.05 Å². The Morgan fingerprint density at radius 2 is 1.52 bits per heavy atom. The molecule has 108 valence electrons. The van der Waals surface area contributed by atoms with Crippen LogP contribution in [0.15, 0.2) is 42.5 Å². The van der Waals surface area contributed by atoms with Crippen LogP contribution in [0, 0.1) is 13.8 Å². The third-order valence-electron chi connectivity index (χ3n) is 4.24. The lowest BCUT2D eigenvalue weighted by molar-refractivity contribution is -0.654. The Morgan fingerprint density at radius 1 is 0.905 bits per heavy atom. The van der Waals surface area contributed by atoms with E-state index in [1.54, 1.807) is 0 Å². The number of aromatic nitrogens is 2. The van der Waals surface area contributed by atoms with Crippen molar-refractivity contribution in [1.29, 1.82) is 0 Å². The van der Waals surface area contributed by atoms with Gasteiger partial charge in [0.25, 0.3) is 5.82 Å². The van der Waals surface area contributed by atoms with Crippen LogP contribution in [0.25, 0.3) is 16.7 Å². The van der Waals surface area contributed by atoms with E-state index < -0.39 is 0 Å². The molecule has 0 spiro atoms. The van der Waals surface area contributed by atoms with Crippen LogP contribution in [0.1, 0.15) is 36.7 Å². The van der Waals surface area contributed by atoms with Gasteiger partial charge in [0.1, 0.15) is 5.69 Å². The first-order valence-corrected chi connectivity index (χ1v) is 7.58. The Labute approximate surface area is 126 Å². The summed E-state index contributed by atoms with van der Waals surface area (Å²) in [6, 6.07) is 15.2. The molecule has 1 aromatic heterocycles. The average Bonchev–Trinajstić information content (AvgIpc) is 2.73. The minimum Gasteiger partial charge on any atom is -0.229 e. The highest BCUT2D eigenvalue weighted by Gasteiger charge is 2.27. The summed E-state index contributed by atoms with van der Waals surface area (Å²) in [5.74, 6) is 1.80. The summed E-state index contributed by atoms with van der Waals surface area (Å²) >= 11 is 0. The zero-order valence-corrected chi connectivity index (χ0v) is 13.5. The van der Waals surface area contributed by atoms with Gasteiger partial charge in [-0.25, -0.2) is 4.57 Å². The lowest BCUT2D eigenvalue weighted by atomic mass is 10.1. The fourth-order valence-electron chi connectivity index (χ4n) is 3.37. The second-order valence-corrected chi connectivity index (χ2v) is 6.14. The number of nitrogens with zero attached hydrogens (tertiary/aromatic N) is 2. The van der Waals surface area contributed by atoms with E-state index in [4.69, 9.17) is 0 Å². The first-order valence-electron chi connectivity index (χ1n) is 7.58. The Bertz CT molecular complexity index is 790. The van der Waals surface area contributed by atoms with Crippen LogP contribution in [0.5, 0.6) is 0 Å². The summed E-state index contributed by atoms with van der Waals surface area (Å²) in [7, 11) is 2.17. The predicted molar refractivity (Wildman–Crippen MR) is 88.0 cm³/mol. The molecule has 0 radical (unpaired) electrons. The lowest BCUT2D eigenvalue weighted by Crippen LogP contribution is -2.33. The molecule has 2 nitrogen and oxygen atoms in total. The molecule has 0 amide bonds. The average molecular weight is 279 g/mol. The summed E-state index contributed by atoms with van der Waals surface area (Å²) in [4.78, 5) is 0. The van der Waals surface area contributed by atoms with Gasteiger partial charge in [0.05, 0.1) is 13.0 Å². The molecular weight excluding hydrogens is 256 g/mol. The molecule has 0 aliphatic carbocycles. The second-order valence-electron chi connectivity index (χ2n) is 6.14. The largest absolute Gasteiger partial charge is 0.265 e. The van der Waals surface area contributed by atoms with Crippen molar-refractivity contribution in [1.82, 2.24) is 4.57 Å². The highest BCUT2D eigenvalue weighted by Crippen LogP contribution is 2.28. The quantitative estimate of drug-likeness (QED) is 0.622. The molecule has 0 N–H and O–H groups in total. The van der Waals surface area contributed by atoms with Gasteiger partial charge in [-0.05, 0) is 37.1 Å². The summed E-state index contributed by atoms with van der Waals surface area (Å²) in [6.07, 6.45) is 0. The molecule has 0 bridgehead atoms. The number of para-hydroxylation sites is 3. The van der Waals surface area contributed by atoms with Crippen LogP contribution >= 0.6 is 0 Å². The molecule has 1 heterocycles. The van der Waals surface area contributed by atoms with Gasteiger partial charge < -0.3 is 0 Å². The number of hydrogen-bond donors (Lipinski definition) is 0. The van der Waals surface area contributed by atoms with Gasteiger partial charge in [-0.15, -0.1) is 0 Å². The minimum absolute atomic E-state index is 0.460. The number of benzene rings is 2. The minimum atomic E-state index is 0.460. The van der Waals surface area contributed by atoms with Crippen LogP contribution in [-0.4, -0.2) is 4.57 Å². The molecule has 0 aliphatic rings. The number of hydrogen-bond acceptors (Lipinski definition) is 0. The molecule has 0 aliphatic heterocycles. The topological polar surface area (TPSA) is 8.81 Å². The van der Waals surface area contributed by atoms with Gasteiger partial charge in [-0.1, -0.05) is 44.2 Å². The third kappa shape index (κ3) is 2.06. The second kappa shape index (κ2) is 5.03. The van der Waals surface area contributed by atoms with Crippen molar-refractivity contribution in [3.8, 4) is 5.69 Å². The van der Waals surface area contributed by atoms with Gasteiger partial charge in [0.15, 0.2) is 11.0 Å². The van der Waals surface area contributed by atoms with Gasteiger partial charge in [0, 0.05) is 0 Å². The molecule has 2 aromatic carbocycles. The Kier molecular flexibility index (Phi) is 3.32. The molecule has 0 fully saturated rings. The Balaban J connectivity index is 2.49. The fraction of sp³-hybridized carbons (Fsp3) is 0.316. The standard InChI is InChI=1S/C19H23N2/c1-13(2)19-20(5)16-11-6-7-12-17(16)21(19)18-14(3)9-8-10-15(18)4/h6-13H,1-5H3/q+1. The van der Waals surface area contributed by atoms with E-state index in [2.05, 4.69) is 86.3 Å². The van der Waals surface area contributed by atoms with Crippen LogP contribution in [0.2, 0.25) is 0 Å². The molecule has 0 atom stereocenters. The summed E-state index contributed by atoms with van der Waals surface area (Å²) in [5, 5.41) is 0. The van der Waals surface area contributed by atoms with E-state index in [1.165, 1.54) is 33.7 Å². The number of rotatable bonds is 2. The normalized spacial score (nSPS) is 11.5. The van der Waals surface area contributed by atoms with E-state index in [-0.39, 0.29) is 0 Å². The lowest BCUT2D eigenvalue weighted by Gasteiger charge is -2.10.